The quantitative estimate of drug-likeness (QED) is 0.697. The number of aliphatic carboxylic acids is 1. The van der Waals surface area contributed by atoms with Crippen molar-refractivity contribution in [3.05, 3.63) is 28.2 Å². The van der Waals surface area contributed by atoms with Gasteiger partial charge in [-0.05, 0) is 12.5 Å². The van der Waals surface area contributed by atoms with E-state index in [-0.39, 0.29) is 30.8 Å². The van der Waals surface area contributed by atoms with Gasteiger partial charge in [0.2, 0.25) is 0 Å². The van der Waals surface area contributed by atoms with Gasteiger partial charge in [0.25, 0.3) is 11.5 Å². The standard InChI is InChI=1S/C12H17N3O5/c1-3-8(12(18)19)13-11(17)9-4-5-10(16)15(14-9)6-7-20-2/h4-5,8H,3,6-7H2,1-2H3,(H,13,17)(H,18,19). The van der Waals surface area contributed by atoms with Crippen LogP contribution in [0.5, 0.6) is 0 Å². The van der Waals surface area contributed by atoms with Gasteiger partial charge in [-0.2, -0.15) is 5.10 Å². The van der Waals surface area contributed by atoms with Crippen LogP contribution in [0.15, 0.2) is 16.9 Å². The van der Waals surface area contributed by atoms with Crippen molar-refractivity contribution in [2.75, 3.05) is 13.7 Å². The highest BCUT2D eigenvalue weighted by Gasteiger charge is 2.19. The first-order valence-corrected chi connectivity index (χ1v) is 6.10. The van der Waals surface area contributed by atoms with E-state index in [1.807, 2.05) is 0 Å². The van der Waals surface area contributed by atoms with Crippen LogP contribution >= 0.6 is 0 Å². The molecule has 0 saturated heterocycles. The average Bonchev–Trinajstić information content (AvgIpc) is 2.43. The number of rotatable bonds is 7. The molecule has 2 N–H and O–H groups in total. The van der Waals surface area contributed by atoms with Gasteiger partial charge in [-0.1, -0.05) is 6.92 Å². The van der Waals surface area contributed by atoms with E-state index in [4.69, 9.17) is 9.84 Å². The normalized spacial score (nSPS) is 11.9. The van der Waals surface area contributed by atoms with Crippen LogP contribution in [0.2, 0.25) is 0 Å². The molecule has 0 saturated carbocycles. The summed E-state index contributed by atoms with van der Waals surface area (Å²) >= 11 is 0. The summed E-state index contributed by atoms with van der Waals surface area (Å²) in [6, 6.07) is 1.48. The molecule has 0 fully saturated rings. The fourth-order valence-corrected chi connectivity index (χ4v) is 1.48. The maximum Gasteiger partial charge on any atom is 0.326 e. The van der Waals surface area contributed by atoms with Crippen LogP contribution in [-0.2, 0) is 16.1 Å². The summed E-state index contributed by atoms with van der Waals surface area (Å²) in [4.78, 5) is 34.2. The average molecular weight is 283 g/mol. The summed E-state index contributed by atoms with van der Waals surface area (Å²) in [5.41, 5.74) is -0.371. The Labute approximate surface area is 115 Å². The first-order chi connectivity index (χ1) is 9.49. The number of aromatic nitrogens is 2. The second kappa shape index (κ2) is 7.39. The lowest BCUT2D eigenvalue weighted by atomic mass is 10.2. The van der Waals surface area contributed by atoms with E-state index in [2.05, 4.69) is 10.4 Å². The lowest BCUT2D eigenvalue weighted by Crippen LogP contribution is -2.41. The van der Waals surface area contributed by atoms with E-state index < -0.39 is 17.9 Å². The fraction of sp³-hybridized carbons (Fsp3) is 0.500. The van der Waals surface area contributed by atoms with Crippen LogP contribution in [-0.4, -0.2) is 46.5 Å². The number of carboxylic acids is 1. The maximum absolute atomic E-state index is 11.9. The van der Waals surface area contributed by atoms with Crippen molar-refractivity contribution >= 4 is 11.9 Å². The highest BCUT2D eigenvalue weighted by Crippen LogP contribution is 1.96. The van der Waals surface area contributed by atoms with Crippen molar-refractivity contribution in [2.45, 2.75) is 25.9 Å². The van der Waals surface area contributed by atoms with Crippen molar-refractivity contribution in [3.8, 4) is 0 Å². The zero-order chi connectivity index (χ0) is 15.1. The molecule has 1 amide bonds. The van der Waals surface area contributed by atoms with E-state index in [1.165, 1.54) is 19.2 Å². The molecule has 0 radical (unpaired) electrons. The Kier molecular flexibility index (Phi) is 5.85. The Balaban J connectivity index is 2.88. The molecule has 1 aromatic rings. The third-order valence-electron chi connectivity index (χ3n) is 2.62. The van der Waals surface area contributed by atoms with Gasteiger partial charge in [0, 0.05) is 13.2 Å². The maximum atomic E-state index is 11.9. The van der Waals surface area contributed by atoms with E-state index in [9.17, 15) is 14.4 Å². The van der Waals surface area contributed by atoms with E-state index >= 15 is 0 Å². The van der Waals surface area contributed by atoms with Crippen molar-refractivity contribution in [1.82, 2.24) is 15.1 Å². The fourth-order valence-electron chi connectivity index (χ4n) is 1.48. The molecule has 0 bridgehead atoms. The van der Waals surface area contributed by atoms with Gasteiger partial charge in [-0.3, -0.25) is 9.59 Å². The predicted molar refractivity (Wildman–Crippen MR) is 69.6 cm³/mol. The number of methoxy groups -OCH3 is 1. The van der Waals surface area contributed by atoms with Gasteiger partial charge >= 0.3 is 5.97 Å². The molecule has 8 nitrogen and oxygen atoms in total. The number of hydrogen-bond donors (Lipinski definition) is 2. The molecule has 0 spiro atoms. The molecule has 0 aliphatic rings. The summed E-state index contributed by atoms with van der Waals surface area (Å²) in [5.74, 6) is -1.75. The molecule has 1 heterocycles. The highest BCUT2D eigenvalue weighted by atomic mass is 16.5. The number of nitrogens with zero attached hydrogens (tertiary/aromatic N) is 2. The molecule has 8 heteroatoms. The number of ether oxygens (including phenoxy) is 1. The summed E-state index contributed by atoms with van der Waals surface area (Å²) in [7, 11) is 1.49. The van der Waals surface area contributed by atoms with Gasteiger partial charge in [-0.15, -0.1) is 0 Å². The number of carboxylic acid groups (broad SMARTS) is 1. The van der Waals surface area contributed by atoms with E-state index in [0.29, 0.717) is 0 Å². The summed E-state index contributed by atoms with van der Waals surface area (Å²) < 4.78 is 5.93. The second-order valence-corrected chi connectivity index (χ2v) is 4.05. The molecule has 20 heavy (non-hydrogen) atoms. The molecular weight excluding hydrogens is 266 g/mol. The zero-order valence-corrected chi connectivity index (χ0v) is 11.3. The summed E-state index contributed by atoms with van der Waals surface area (Å²) in [5, 5.41) is 15.1. The highest BCUT2D eigenvalue weighted by molar-refractivity contribution is 5.94. The molecular formula is C12H17N3O5. The predicted octanol–water partition coefficient (Wildman–Crippen LogP) is -0.517. The monoisotopic (exact) mass is 283 g/mol. The van der Waals surface area contributed by atoms with Crippen molar-refractivity contribution in [1.29, 1.82) is 0 Å². The van der Waals surface area contributed by atoms with Crippen LogP contribution < -0.4 is 10.9 Å². The number of carbonyl (C=O) groups excluding carboxylic acids is 1. The Hall–Kier alpha value is -2.22. The number of hydrogen-bond acceptors (Lipinski definition) is 5. The van der Waals surface area contributed by atoms with Crippen molar-refractivity contribution < 1.29 is 19.4 Å². The van der Waals surface area contributed by atoms with Gasteiger partial charge in [0.15, 0.2) is 0 Å². The Bertz CT molecular complexity index is 540. The molecule has 0 aromatic carbocycles. The van der Waals surface area contributed by atoms with Gasteiger partial charge in [0.1, 0.15) is 11.7 Å². The molecule has 0 aliphatic carbocycles. The number of amides is 1. The minimum atomic E-state index is -1.12. The van der Waals surface area contributed by atoms with Crippen LogP contribution in [0.4, 0.5) is 0 Å². The largest absolute Gasteiger partial charge is 0.480 e. The SMILES string of the molecule is CCC(NC(=O)c1ccc(=O)n(CCOC)n1)C(=O)O. The van der Waals surface area contributed by atoms with Gasteiger partial charge in [0.05, 0.1) is 13.2 Å². The smallest absolute Gasteiger partial charge is 0.326 e. The second-order valence-electron chi connectivity index (χ2n) is 4.05. The topological polar surface area (TPSA) is 111 Å². The first kappa shape index (κ1) is 15.8. The zero-order valence-electron chi connectivity index (χ0n) is 11.3. The third-order valence-corrected chi connectivity index (χ3v) is 2.62. The van der Waals surface area contributed by atoms with Crippen LogP contribution in [0.1, 0.15) is 23.8 Å². The Morgan fingerprint density at radius 2 is 2.20 bits per heavy atom. The summed E-state index contributed by atoms with van der Waals surface area (Å²) in [6.07, 6.45) is 0.254. The van der Waals surface area contributed by atoms with Crippen LogP contribution in [0.3, 0.4) is 0 Å². The minimum absolute atomic E-state index is 0.0135. The molecule has 1 unspecified atom stereocenters. The van der Waals surface area contributed by atoms with Crippen LogP contribution in [0, 0.1) is 0 Å². The van der Waals surface area contributed by atoms with Gasteiger partial charge in [-0.25, -0.2) is 9.48 Å². The lowest BCUT2D eigenvalue weighted by Gasteiger charge is -2.12. The van der Waals surface area contributed by atoms with Crippen molar-refractivity contribution in [2.24, 2.45) is 0 Å². The molecule has 1 rings (SSSR count). The lowest BCUT2D eigenvalue weighted by molar-refractivity contribution is -0.139. The summed E-state index contributed by atoms with van der Waals surface area (Å²) in [6.45, 7) is 2.14. The minimum Gasteiger partial charge on any atom is -0.480 e. The van der Waals surface area contributed by atoms with Gasteiger partial charge < -0.3 is 15.2 Å². The molecule has 0 aliphatic heterocycles. The first-order valence-electron chi connectivity index (χ1n) is 6.10. The number of nitrogens with one attached hydrogen (secondary N) is 1. The molecule has 1 aromatic heterocycles. The van der Waals surface area contributed by atoms with E-state index in [0.717, 1.165) is 4.68 Å². The molecule has 110 valence electrons. The Morgan fingerprint density at radius 1 is 1.50 bits per heavy atom. The number of carbonyl (C=O) groups is 2. The van der Waals surface area contributed by atoms with Crippen molar-refractivity contribution in [3.63, 3.8) is 0 Å². The third kappa shape index (κ3) is 4.16. The van der Waals surface area contributed by atoms with E-state index in [1.54, 1.807) is 6.92 Å². The molecule has 1 atom stereocenters. The Morgan fingerprint density at radius 3 is 2.75 bits per heavy atom. The van der Waals surface area contributed by atoms with Crippen LogP contribution in [0.25, 0.3) is 0 Å².